The fraction of sp³-hybridized carbons (Fsp3) is 0.250. The van der Waals surface area contributed by atoms with Crippen molar-refractivity contribution in [1.29, 1.82) is 0 Å². The van der Waals surface area contributed by atoms with Crippen LogP contribution in [0, 0.1) is 11.8 Å². The molecule has 6 heteroatoms. The monoisotopic (exact) mass is 300 g/mol. The second-order valence-electron chi connectivity index (χ2n) is 4.48. The van der Waals surface area contributed by atoms with Crippen LogP contribution in [0.4, 0.5) is 0 Å². The van der Waals surface area contributed by atoms with Gasteiger partial charge in [-0.05, 0) is 12.1 Å². The van der Waals surface area contributed by atoms with Crippen LogP contribution in [0.1, 0.15) is 11.1 Å². The largest absolute Gasteiger partial charge is 0.364 e. The predicted molar refractivity (Wildman–Crippen MR) is 81.4 cm³/mol. The lowest BCUT2D eigenvalue weighted by molar-refractivity contribution is 0.105. The van der Waals surface area contributed by atoms with Gasteiger partial charge in [0.25, 0.3) is 5.56 Å². The summed E-state index contributed by atoms with van der Waals surface area (Å²) >= 11 is 0. The number of rotatable bonds is 4. The average molecular weight is 300 g/mol. The highest BCUT2D eigenvalue weighted by Gasteiger charge is 2.09. The average Bonchev–Trinajstić information content (AvgIpc) is 2.54. The number of hydrogen-bond acceptors (Lipinski definition) is 4. The highest BCUT2D eigenvalue weighted by atomic mass is 16.5. The summed E-state index contributed by atoms with van der Waals surface area (Å²) in [5, 5.41) is 0. The Balaban J connectivity index is 2.54. The molecule has 0 saturated heterocycles. The van der Waals surface area contributed by atoms with E-state index in [1.165, 1.54) is 25.0 Å². The van der Waals surface area contributed by atoms with Crippen LogP contribution in [-0.2, 0) is 22.9 Å². The Morgan fingerprint density at radius 3 is 2.32 bits per heavy atom. The second kappa shape index (κ2) is 7.41. The number of nitrogens with zero attached hydrogens (tertiary/aromatic N) is 2. The lowest BCUT2D eigenvalue weighted by atomic mass is 10.2. The number of aromatic nitrogens is 2. The summed E-state index contributed by atoms with van der Waals surface area (Å²) in [6, 6.07) is 9.28. The Bertz CT molecular complexity index is 810. The van der Waals surface area contributed by atoms with Crippen LogP contribution in [0.25, 0.3) is 0 Å². The van der Waals surface area contributed by atoms with Gasteiger partial charge in [0.05, 0.1) is 0 Å². The minimum absolute atomic E-state index is 0.0306. The molecule has 1 heterocycles. The van der Waals surface area contributed by atoms with Crippen LogP contribution >= 0.6 is 0 Å². The summed E-state index contributed by atoms with van der Waals surface area (Å²) in [5.74, 6) is 5.70. The molecule has 2 rings (SSSR count). The summed E-state index contributed by atoms with van der Waals surface area (Å²) in [5.41, 5.74) is 0.00355. The lowest BCUT2D eigenvalue weighted by Crippen LogP contribution is -2.41. The van der Waals surface area contributed by atoms with Gasteiger partial charge in [0.1, 0.15) is 19.0 Å². The molecule has 0 aliphatic rings. The van der Waals surface area contributed by atoms with Gasteiger partial charge in [-0.2, -0.15) is 0 Å². The number of benzene rings is 1. The van der Waals surface area contributed by atoms with E-state index in [0.29, 0.717) is 0 Å². The first-order valence-electron chi connectivity index (χ1n) is 6.56. The van der Waals surface area contributed by atoms with E-state index < -0.39 is 11.2 Å². The highest BCUT2D eigenvalue weighted by Crippen LogP contribution is 1.96. The molecule has 0 unspecified atom stereocenters. The van der Waals surface area contributed by atoms with E-state index in [-0.39, 0.29) is 19.0 Å². The third-order valence-corrected chi connectivity index (χ3v) is 2.88. The molecule has 0 saturated carbocycles. The smallest absolute Gasteiger partial charge is 0.334 e. The molecule has 0 bridgehead atoms. The van der Waals surface area contributed by atoms with Gasteiger partial charge in [0, 0.05) is 26.0 Å². The predicted octanol–water partition coefficient (Wildman–Crippen LogP) is 0.618. The quantitative estimate of drug-likeness (QED) is 0.777. The standard InChI is InChI=1S/C16H16N2O4/c1-21-11-17-10-14(9-8-13-6-4-3-5-7-13)15(19)18(12-22-2)16(17)20/h3-7,10H,11-12H2,1-2H3. The molecule has 0 fully saturated rings. The Hall–Kier alpha value is -2.62. The van der Waals surface area contributed by atoms with Gasteiger partial charge >= 0.3 is 5.69 Å². The number of hydrogen-bond donors (Lipinski definition) is 0. The zero-order valence-electron chi connectivity index (χ0n) is 12.4. The maximum absolute atomic E-state index is 12.3. The zero-order chi connectivity index (χ0) is 15.9. The number of methoxy groups -OCH3 is 2. The second-order valence-corrected chi connectivity index (χ2v) is 4.48. The minimum Gasteiger partial charge on any atom is -0.364 e. The molecule has 0 atom stereocenters. The zero-order valence-corrected chi connectivity index (χ0v) is 12.4. The van der Waals surface area contributed by atoms with E-state index in [4.69, 9.17) is 9.47 Å². The molecule has 0 radical (unpaired) electrons. The summed E-state index contributed by atoms with van der Waals surface area (Å²) in [6.07, 6.45) is 1.40. The van der Waals surface area contributed by atoms with E-state index >= 15 is 0 Å². The SMILES string of the molecule is COCn1cc(C#Cc2ccccc2)c(=O)n(COC)c1=O. The molecule has 0 spiro atoms. The molecular formula is C16H16N2O4. The van der Waals surface area contributed by atoms with E-state index in [0.717, 1.165) is 10.1 Å². The van der Waals surface area contributed by atoms with Crippen molar-refractivity contribution in [2.75, 3.05) is 14.2 Å². The van der Waals surface area contributed by atoms with Crippen LogP contribution < -0.4 is 11.2 Å². The van der Waals surface area contributed by atoms with Gasteiger partial charge in [-0.25, -0.2) is 9.36 Å². The summed E-state index contributed by atoms with van der Waals surface area (Å²) < 4.78 is 12.1. The minimum atomic E-state index is -0.501. The van der Waals surface area contributed by atoms with Crippen molar-refractivity contribution in [1.82, 2.24) is 9.13 Å². The number of ether oxygens (including phenoxy) is 2. The van der Waals surface area contributed by atoms with E-state index in [9.17, 15) is 9.59 Å². The van der Waals surface area contributed by atoms with Crippen molar-refractivity contribution in [3.63, 3.8) is 0 Å². The molecule has 114 valence electrons. The summed E-state index contributed by atoms with van der Waals surface area (Å²) in [4.78, 5) is 24.4. The molecule has 1 aromatic carbocycles. The van der Waals surface area contributed by atoms with Gasteiger partial charge < -0.3 is 9.47 Å². The van der Waals surface area contributed by atoms with Crippen molar-refractivity contribution in [3.05, 3.63) is 68.5 Å². The molecular weight excluding hydrogens is 284 g/mol. The van der Waals surface area contributed by atoms with E-state index in [2.05, 4.69) is 11.8 Å². The van der Waals surface area contributed by atoms with Crippen molar-refractivity contribution >= 4 is 0 Å². The van der Waals surface area contributed by atoms with Gasteiger partial charge in [-0.15, -0.1) is 0 Å². The van der Waals surface area contributed by atoms with Gasteiger partial charge in [-0.1, -0.05) is 30.0 Å². The fourth-order valence-electron chi connectivity index (χ4n) is 1.87. The molecule has 0 aliphatic carbocycles. The van der Waals surface area contributed by atoms with Gasteiger partial charge in [0.15, 0.2) is 0 Å². The van der Waals surface area contributed by atoms with Crippen molar-refractivity contribution in [2.45, 2.75) is 13.5 Å². The lowest BCUT2D eigenvalue weighted by Gasteiger charge is -2.09. The summed E-state index contributed by atoms with van der Waals surface area (Å²) in [7, 11) is 2.88. The Kier molecular flexibility index (Phi) is 5.31. The first kappa shape index (κ1) is 15.8. The van der Waals surface area contributed by atoms with Crippen LogP contribution in [0.5, 0.6) is 0 Å². The van der Waals surface area contributed by atoms with Crippen LogP contribution in [0.3, 0.4) is 0 Å². The van der Waals surface area contributed by atoms with Crippen LogP contribution in [-0.4, -0.2) is 23.4 Å². The van der Waals surface area contributed by atoms with Crippen LogP contribution in [0.2, 0.25) is 0 Å². The molecule has 0 aliphatic heterocycles. The Morgan fingerprint density at radius 2 is 1.68 bits per heavy atom. The van der Waals surface area contributed by atoms with E-state index in [1.807, 2.05) is 30.3 Å². The normalized spacial score (nSPS) is 10.1. The third kappa shape index (κ3) is 3.52. The maximum Gasteiger partial charge on any atom is 0.334 e. The molecule has 6 nitrogen and oxygen atoms in total. The first-order chi connectivity index (χ1) is 10.7. The first-order valence-corrected chi connectivity index (χ1v) is 6.56. The molecule has 22 heavy (non-hydrogen) atoms. The van der Waals surface area contributed by atoms with Gasteiger partial charge in [-0.3, -0.25) is 9.36 Å². The Labute approximate surface area is 127 Å². The van der Waals surface area contributed by atoms with E-state index in [1.54, 1.807) is 0 Å². The fourth-order valence-corrected chi connectivity index (χ4v) is 1.87. The van der Waals surface area contributed by atoms with Crippen LogP contribution in [0.15, 0.2) is 46.1 Å². The molecule has 0 N–H and O–H groups in total. The van der Waals surface area contributed by atoms with Crippen molar-refractivity contribution in [3.8, 4) is 11.8 Å². The Morgan fingerprint density at radius 1 is 1.00 bits per heavy atom. The van der Waals surface area contributed by atoms with Crippen molar-refractivity contribution < 1.29 is 9.47 Å². The maximum atomic E-state index is 12.3. The highest BCUT2D eigenvalue weighted by molar-refractivity contribution is 5.40. The molecule has 2 aromatic rings. The van der Waals surface area contributed by atoms with Crippen molar-refractivity contribution in [2.24, 2.45) is 0 Å². The molecule has 0 amide bonds. The third-order valence-electron chi connectivity index (χ3n) is 2.88. The molecule has 1 aromatic heterocycles. The topological polar surface area (TPSA) is 62.5 Å². The summed E-state index contributed by atoms with van der Waals surface area (Å²) in [6.45, 7) is -0.106. The van der Waals surface area contributed by atoms with Gasteiger partial charge in [0.2, 0.25) is 0 Å².